The van der Waals surface area contributed by atoms with Crippen LogP contribution in [0.5, 0.6) is 0 Å². The van der Waals surface area contributed by atoms with Gasteiger partial charge in [-0.1, -0.05) is 6.92 Å². The van der Waals surface area contributed by atoms with E-state index in [2.05, 4.69) is 29.0 Å². The molecular weight excluding hydrogens is 278 g/mol. The average molecular weight is 303 g/mol. The van der Waals surface area contributed by atoms with E-state index in [1.165, 1.54) is 11.1 Å². The lowest BCUT2D eigenvalue weighted by Gasteiger charge is -2.27. The number of nitrogens with one attached hydrogen (secondary N) is 1. The number of anilines is 1. The first-order valence-corrected chi connectivity index (χ1v) is 8.20. The number of ether oxygens (including phenoxy) is 1. The molecule has 0 bridgehead atoms. The van der Waals surface area contributed by atoms with Crippen molar-refractivity contribution in [2.45, 2.75) is 39.7 Å². The third kappa shape index (κ3) is 3.31. The first kappa shape index (κ1) is 15.4. The second-order valence-electron chi connectivity index (χ2n) is 6.47. The third-order valence-electron chi connectivity index (χ3n) is 4.97. The molecule has 3 rings (SSSR count). The number of morpholine rings is 1. The summed E-state index contributed by atoms with van der Waals surface area (Å²) in [7, 11) is 0. The predicted molar refractivity (Wildman–Crippen MR) is 85.7 cm³/mol. The van der Waals surface area contributed by atoms with Crippen LogP contribution in [-0.4, -0.2) is 42.1 Å². The second kappa shape index (κ2) is 6.34. The average Bonchev–Trinajstić information content (AvgIpc) is 3.33. The first-order valence-electron chi connectivity index (χ1n) is 8.20. The van der Waals surface area contributed by atoms with Crippen LogP contribution >= 0.6 is 0 Å². The Bertz CT molecular complexity index is 549. The molecule has 5 nitrogen and oxygen atoms in total. The minimum absolute atomic E-state index is 0.128. The lowest BCUT2D eigenvalue weighted by Crippen LogP contribution is -2.35. The number of pyridine rings is 1. The van der Waals surface area contributed by atoms with Gasteiger partial charge in [-0.3, -0.25) is 9.69 Å². The van der Waals surface area contributed by atoms with E-state index in [0.29, 0.717) is 5.82 Å². The highest BCUT2D eigenvalue weighted by Crippen LogP contribution is 2.49. The molecule has 0 atom stereocenters. The van der Waals surface area contributed by atoms with Gasteiger partial charge in [-0.25, -0.2) is 4.98 Å². The van der Waals surface area contributed by atoms with Crippen LogP contribution in [0.4, 0.5) is 5.82 Å². The quantitative estimate of drug-likeness (QED) is 0.907. The summed E-state index contributed by atoms with van der Waals surface area (Å²) in [5, 5.41) is 3.01. The van der Waals surface area contributed by atoms with Gasteiger partial charge in [0.25, 0.3) is 0 Å². The Morgan fingerprint density at radius 3 is 2.77 bits per heavy atom. The molecule has 1 saturated heterocycles. The van der Waals surface area contributed by atoms with E-state index in [1.807, 2.05) is 12.3 Å². The molecule has 0 spiro atoms. The summed E-state index contributed by atoms with van der Waals surface area (Å²) in [4.78, 5) is 19.1. The summed E-state index contributed by atoms with van der Waals surface area (Å²) < 4.78 is 5.39. The molecule has 5 heteroatoms. The maximum absolute atomic E-state index is 12.3. The van der Waals surface area contributed by atoms with Crippen molar-refractivity contribution in [2.24, 2.45) is 5.41 Å². The van der Waals surface area contributed by atoms with Crippen molar-refractivity contribution in [2.75, 3.05) is 31.6 Å². The Hall–Kier alpha value is -1.46. The highest BCUT2D eigenvalue weighted by Gasteiger charge is 2.48. The number of aromatic nitrogens is 1. The number of hydrogen-bond acceptors (Lipinski definition) is 4. The number of carbonyl (C=O) groups is 1. The summed E-state index contributed by atoms with van der Waals surface area (Å²) in [5.74, 6) is 0.808. The Morgan fingerprint density at radius 2 is 2.14 bits per heavy atom. The summed E-state index contributed by atoms with van der Waals surface area (Å²) >= 11 is 0. The van der Waals surface area contributed by atoms with Gasteiger partial charge in [0.15, 0.2) is 0 Å². The topological polar surface area (TPSA) is 54.5 Å². The van der Waals surface area contributed by atoms with Crippen LogP contribution in [0.1, 0.15) is 37.3 Å². The van der Waals surface area contributed by atoms with E-state index < -0.39 is 0 Å². The zero-order chi connectivity index (χ0) is 15.6. The van der Waals surface area contributed by atoms with Gasteiger partial charge in [0.1, 0.15) is 5.82 Å². The molecule has 2 heterocycles. The van der Waals surface area contributed by atoms with Crippen molar-refractivity contribution in [3.63, 3.8) is 0 Å². The van der Waals surface area contributed by atoms with E-state index in [1.54, 1.807) is 0 Å². The molecule has 0 unspecified atom stereocenters. The van der Waals surface area contributed by atoms with E-state index in [9.17, 15) is 4.79 Å². The fourth-order valence-corrected chi connectivity index (χ4v) is 2.95. The predicted octanol–water partition coefficient (Wildman–Crippen LogP) is 2.35. The lowest BCUT2D eigenvalue weighted by atomic mass is 10.0. The molecule has 1 saturated carbocycles. The SMILES string of the molecule is CCC1(C(=O)Nc2cc(CN3CCOCC3)c(C)cn2)CC1. The van der Waals surface area contributed by atoms with Crippen LogP contribution in [0.2, 0.25) is 0 Å². The Morgan fingerprint density at radius 1 is 1.41 bits per heavy atom. The summed E-state index contributed by atoms with van der Waals surface area (Å²) in [6.45, 7) is 8.56. The zero-order valence-corrected chi connectivity index (χ0v) is 13.5. The molecule has 1 aliphatic carbocycles. The molecule has 1 aliphatic heterocycles. The van der Waals surface area contributed by atoms with Gasteiger partial charge in [0.2, 0.25) is 5.91 Å². The lowest BCUT2D eigenvalue weighted by molar-refractivity contribution is -0.121. The summed E-state index contributed by atoms with van der Waals surface area (Å²) in [6.07, 6.45) is 4.77. The number of amides is 1. The smallest absolute Gasteiger partial charge is 0.231 e. The van der Waals surface area contributed by atoms with Gasteiger partial charge in [0, 0.05) is 31.2 Å². The van der Waals surface area contributed by atoms with Crippen molar-refractivity contribution >= 4 is 11.7 Å². The fraction of sp³-hybridized carbons (Fsp3) is 0.647. The van der Waals surface area contributed by atoms with E-state index in [-0.39, 0.29) is 11.3 Å². The second-order valence-corrected chi connectivity index (χ2v) is 6.47. The van der Waals surface area contributed by atoms with Gasteiger partial charge >= 0.3 is 0 Å². The standard InChI is InChI=1S/C17H25N3O2/c1-3-17(4-5-17)16(21)19-15-10-14(13(2)11-18-15)12-20-6-8-22-9-7-20/h10-11H,3-9,12H2,1-2H3,(H,18,19,21). The molecule has 1 aromatic heterocycles. The minimum atomic E-state index is -0.128. The normalized spacial score (nSPS) is 20.6. The first-order chi connectivity index (χ1) is 10.6. The monoisotopic (exact) mass is 303 g/mol. The molecule has 1 N–H and O–H groups in total. The van der Waals surface area contributed by atoms with E-state index >= 15 is 0 Å². The molecule has 2 aliphatic rings. The third-order valence-corrected chi connectivity index (χ3v) is 4.97. The highest BCUT2D eigenvalue weighted by molar-refractivity contribution is 5.96. The summed E-state index contributed by atoms with van der Waals surface area (Å²) in [5.41, 5.74) is 2.27. The van der Waals surface area contributed by atoms with Crippen LogP contribution in [0.3, 0.4) is 0 Å². The highest BCUT2D eigenvalue weighted by atomic mass is 16.5. The molecule has 1 amide bonds. The van der Waals surface area contributed by atoms with Crippen molar-refractivity contribution in [3.8, 4) is 0 Å². The van der Waals surface area contributed by atoms with Gasteiger partial charge in [-0.15, -0.1) is 0 Å². The number of nitrogens with zero attached hydrogens (tertiary/aromatic N) is 2. The van der Waals surface area contributed by atoms with Gasteiger partial charge < -0.3 is 10.1 Å². The largest absolute Gasteiger partial charge is 0.379 e. The Balaban J connectivity index is 1.68. The van der Waals surface area contributed by atoms with Crippen molar-refractivity contribution in [1.82, 2.24) is 9.88 Å². The molecule has 0 radical (unpaired) electrons. The van der Waals surface area contributed by atoms with Crippen molar-refractivity contribution < 1.29 is 9.53 Å². The maximum Gasteiger partial charge on any atom is 0.231 e. The number of hydrogen-bond donors (Lipinski definition) is 1. The molecule has 120 valence electrons. The van der Waals surface area contributed by atoms with Crippen LogP contribution in [-0.2, 0) is 16.1 Å². The number of rotatable bonds is 5. The van der Waals surface area contributed by atoms with Crippen LogP contribution in [0, 0.1) is 12.3 Å². The Kier molecular flexibility index (Phi) is 4.45. The van der Waals surface area contributed by atoms with Gasteiger partial charge in [0.05, 0.1) is 13.2 Å². The zero-order valence-electron chi connectivity index (χ0n) is 13.5. The van der Waals surface area contributed by atoms with Crippen LogP contribution in [0.25, 0.3) is 0 Å². The minimum Gasteiger partial charge on any atom is -0.379 e. The maximum atomic E-state index is 12.3. The van der Waals surface area contributed by atoms with E-state index in [4.69, 9.17) is 4.74 Å². The molecule has 1 aromatic rings. The van der Waals surface area contributed by atoms with Gasteiger partial charge in [-0.2, -0.15) is 0 Å². The van der Waals surface area contributed by atoms with Crippen LogP contribution < -0.4 is 5.32 Å². The molecule has 0 aromatic carbocycles. The summed E-state index contributed by atoms with van der Waals surface area (Å²) in [6, 6.07) is 2.02. The molecule has 22 heavy (non-hydrogen) atoms. The van der Waals surface area contributed by atoms with E-state index in [0.717, 1.165) is 52.1 Å². The van der Waals surface area contributed by atoms with Crippen molar-refractivity contribution in [1.29, 1.82) is 0 Å². The molecule has 2 fully saturated rings. The Labute approximate surface area is 132 Å². The van der Waals surface area contributed by atoms with Gasteiger partial charge in [-0.05, 0) is 43.4 Å². The van der Waals surface area contributed by atoms with Crippen molar-refractivity contribution in [3.05, 3.63) is 23.4 Å². The van der Waals surface area contributed by atoms with Crippen LogP contribution in [0.15, 0.2) is 12.3 Å². The fourth-order valence-electron chi connectivity index (χ4n) is 2.95. The molecular formula is C17H25N3O2. The number of carbonyl (C=O) groups excluding carboxylic acids is 1. The number of aryl methyl sites for hydroxylation is 1.